The van der Waals surface area contributed by atoms with Crippen LogP contribution in [0.3, 0.4) is 0 Å². The predicted molar refractivity (Wildman–Crippen MR) is 128 cm³/mol. The maximum Gasteiger partial charge on any atom is 0.407 e. The number of hydrogen-bond donors (Lipinski definition) is 2. The van der Waals surface area contributed by atoms with Gasteiger partial charge >= 0.3 is 24.1 Å². The van der Waals surface area contributed by atoms with Crippen LogP contribution < -0.4 is 10.6 Å². The fourth-order valence-corrected chi connectivity index (χ4v) is 2.50. The van der Waals surface area contributed by atoms with E-state index in [0.29, 0.717) is 25.7 Å². The lowest BCUT2D eigenvalue weighted by Gasteiger charge is -2.10. The summed E-state index contributed by atoms with van der Waals surface area (Å²) >= 11 is 0. The molecule has 10 heteroatoms. The van der Waals surface area contributed by atoms with Crippen LogP contribution in [0.2, 0.25) is 0 Å². The lowest BCUT2D eigenvalue weighted by atomic mass is 10.1. The van der Waals surface area contributed by atoms with Crippen LogP contribution in [0.15, 0.2) is 49.6 Å². The molecule has 2 N–H and O–H groups in total. The molecule has 0 saturated heterocycles. The van der Waals surface area contributed by atoms with Crippen LogP contribution >= 0.6 is 0 Å². The van der Waals surface area contributed by atoms with Gasteiger partial charge in [-0.1, -0.05) is 37.4 Å². The SMILES string of the molecule is C=CC(=O)OCCCCOC(=O)NCc1cccc(CNC(=O)OCCCCOC(=O)C=C)c1.[HH].[HH]. The van der Waals surface area contributed by atoms with Crippen molar-refractivity contribution < 1.29 is 41.0 Å². The van der Waals surface area contributed by atoms with E-state index >= 15 is 0 Å². The molecule has 1 aromatic rings. The first-order valence-electron chi connectivity index (χ1n) is 10.9. The monoisotopic (exact) mass is 480 g/mol. The first-order valence-corrected chi connectivity index (χ1v) is 10.9. The molecule has 0 spiro atoms. The second-order valence-electron chi connectivity index (χ2n) is 6.96. The van der Waals surface area contributed by atoms with Crippen LogP contribution in [-0.2, 0) is 41.6 Å². The van der Waals surface area contributed by atoms with Crippen molar-refractivity contribution >= 4 is 24.1 Å². The van der Waals surface area contributed by atoms with Crippen molar-refractivity contribution in [1.29, 1.82) is 0 Å². The Bertz CT molecular complexity index is 773. The molecular formula is C24H36N2O8. The number of hydrogen-bond acceptors (Lipinski definition) is 8. The lowest BCUT2D eigenvalue weighted by molar-refractivity contribution is -0.138. The first kappa shape index (κ1) is 28.2. The summed E-state index contributed by atoms with van der Waals surface area (Å²) in [5, 5.41) is 5.31. The van der Waals surface area contributed by atoms with E-state index in [1.54, 1.807) is 0 Å². The highest BCUT2D eigenvalue weighted by molar-refractivity contribution is 5.81. The van der Waals surface area contributed by atoms with Crippen LogP contribution in [0.1, 0.15) is 39.7 Å². The minimum Gasteiger partial charge on any atom is -0.463 e. The Morgan fingerprint density at radius 2 is 1.09 bits per heavy atom. The summed E-state index contributed by atoms with van der Waals surface area (Å²) in [6.07, 6.45) is 3.39. The molecule has 0 aliphatic rings. The van der Waals surface area contributed by atoms with Gasteiger partial charge in [-0.25, -0.2) is 19.2 Å². The average molecular weight is 481 g/mol. The van der Waals surface area contributed by atoms with Crippen LogP contribution in [0.4, 0.5) is 9.59 Å². The molecule has 0 radical (unpaired) electrons. The minimum absolute atomic E-state index is 0. The molecule has 34 heavy (non-hydrogen) atoms. The number of esters is 2. The Kier molecular flexibility index (Phi) is 14.7. The molecule has 0 fully saturated rings. The average Bonchev–Trinajstić information content (AvgIpc) is 2.85. The number of unbranched alkanes of at least 4 members (excludes halogenated alkanes) is 2. The van der Waals surface area contributed by atoms with Crippen molar-refractivity contribution in [3.05, 3.63) is 60.7 Å². The zero-order valence-corrected chi connectivity index (χ0v) is 19.2. The predicted octanol–water partition coefficient (Wildman–Crippen LogP) is 3.65. The second kappa shape index (κ2) is 17.7. The minimum atomic E-state index is -0.547. The summed E-state index contributed by atoms with van der Waals surface area (Å²) in [5.74, 6) is -0.956. The van der Waals surface area contributed by atoms with Gasteiger partial charge in [-0.05, 0) is 36.8 Å². The largest absolute Gasteiger partial charge is 0.463 e. The number of benzene rings is 1. The van der Waals surface area contributed by atoms with E-state index in [2.05, 4.69) is 23.8 Å². The van der Waals surface area contributed by atoms with Gasteiger partial charge in [-0.3, -0.25) is 0 Å². The molecule has 0 aliphatic heterocycles. The van der Waals surface area contributed by atoms with Crippen LogP contribution in [-0.4, -0.2) is 50.6 Å². The molecule has 0 aromatic heterocycles. The summed E-state index contributed by atoms with van der Waals surface area (Å²) in [6.45, 7) is 8.06. The maximum absolute atomic E-state index is 11.8. The van der Waals surface area contributed by atoms with E-state index in [1.165, 1.54) is 0 Å². The Hall–Kier alpha value is -3.82. The number of ether oxygens (including phenoxy) is 4. The van der Waals surface area contributed by atoms with E-state index < -0.39 is 24.1 Å². The normalized spacial score (nSPS) is 9.88. The van der Waals surface area contributed by atoms with Crippen LogP contribution in [0.25, 0.3) is 0 Å². The molecule has 0 bridgehead atoms. The third-order valence-electron chi connectivity index (χ3n) is 4.23. The van der Waals surface area contributed by atoms with E-state index in [4.69, 9.17) is 18.9 Å². The van der Waals surface area contributed by atoms with Gasteiger partial charge < -0.3 is 29.6 Å². The number of carbonyl (C=O) groups excluding carboxylic acids is 4. The van der Waals surface area contributed by atoms with E-state index in [-0.39, 0.29) is 42.4 Å². The number of alkyl carbamates (subject to hydrolysis) is 2. The van der Waals surface area contributed by atoms with Gasteiger partial charge in [0.2, 0.25) is 0 Å². The molecule has 10 nitrogen and oxygen atoms in total. The van der Waals surface area contributed by atoms with E-state index in [1.807, 2.05) is 24.3 Å². The summed E-state index contributed by atoms with van der Waals surface area (Å²) in [6, 6.07) is 7.35. The van der Waals surface area contributed by atoms with E-state index in [0.717, 1.165) is 23.3 Å². The van der Waals surface area contributed by atoms with E-state index in [9.17, 15) is 19.2 Å². The van der Waals surface area contributed by atoms with Gasteiger partial charge in [0.25, 0.3) is 0 Å². The number of nitrogens with one attached hydrogen (secondary N) is 2. The smallest absolute Gasteiger partial charge is 0.407 e. The molecule has 0 atom stereocenters. The molecular weight excluding hydrogens is 444 g/mol. The van der Waals surface area contributed by atoms with Crippen LogP contribution in [0, 0.1) is 0 Å². The highest BCUT2D eigenvalue weighted by Crippen LogP contribution is 2.06. The third kappa shape index (κ3) is 14.3. The highest BCUT2D eigenvalue weighted by Gasteiger charge is 2.05. The summed E-state index contributed by atoms with van der Waals surface area (Å²) in [7, 11) is 0. The van der Waals surface area contributed by atoms with Crippen molar-refractivity contribution in [1.82, 2.24) is 10.6 Å². The number of amides is 2. The first-order chi connectivity index (χ1) is 16.4. The second-order valence-corrected chi connectivity index (χ2v) is 6.96. The standard InChI is InChI=1S/C24H32N2O8.2H2/c1-3-21(27)31-12-5-7-14-33-23(29)25-17-19-10-9-11-20(16-19)18-26-24(30)34-15-8-6-13-32-22(28)4-2;;/h3-4,9-11,16H,1-2,5-8,12-15,17-18H2,(H,25,29)(H,26,30);2*1H. The van der Waals surface area contributed by atoms with Crippen molar-refractivity contribution in [3.63, 3.8) is 0 Å². The molecule has 1 rings (SSSR count). The Morgan fingerprint density at radius 3 is 1.47 bits per heavy atom. The van der Waals surface area contributed by atoms with Gasteiger partial charge in [0.05, 0.1) is 26.4 Å². The van der Waals surface area contributed by atoms with Crippen molar-refractivity contribution in [2.45, 2.75) is 38.8 Å². The fourth-order valence-electron chi connectivity index (χ4n) is 2.50. The number of carbonyl (C=O) groups is 4. The van der Waals surface area contributed by atoms with Gasteiger partial charge in [0.1, 0.15) is 0 Å². The molecule has 0 saturated carbocycles. The quantitative estimate of drug-likeness (QED) is 0.159. The zero-order chi connectivity index (χ0) is 25.0. The molecule has 0 aliphatic carbocycles. The molecule has 190 valence electrons. The fraction of sp³-hybridized carbons (Fsp3) is 0.417. The Balaban J connectivity index is 0. The van der Waals surface area contributed by atoms with Crippen LogP contribution in [0.5, 0.6) is 0 Å². The molecule has 0 unspecified atom stereocenters. The zero-order valence-electron chi connectivity index (χ0n) is 19.2. The topological polar surface area (TPSA) is 129 Å². The van der Waals surface area contributed by atoms with Crippen molar-refractivity contribution in [3.8, 4) is 0 Å². The van der Waals surface area contributed by atoms with Crippen molar-refractivity contribution in [2.24, 2.45) is 0 Å². The molecule has 0 heterocycles. The maximum atomic E-state index is 11.8. The van der Waals surface area contributed by atoms with Gasteiger partial charge in [-0.15, -0.1) is 0 Å². The van der Waals surface area contributed by atoms with Crippen molar-refractivity contribution in [2.75, 3.05) is 26.4 Å². The Labute approximate surface area is 202 Å². The van der Waals surface area contributed by atoms with Gasteiger partial charge in [-0.2, -0.15) is 0 Å². The van der Waals surface area contributed by atoms with Gasteiger partial charge in [0.15, 0.2) is 0 Å². The highest BCUT2D eigenvalue weighted by atomic mass is 16.6. The third-order valence-corrected chi connectivity index (χ3v) is 4.23. The molecule has 2 amide bonds. The molecule has 1 aromatic carbocycles. The summed E-state index contributed by atoms with van der Waals surface area (Å²) in [4.78, 5) is 45.4. The number of rotatable bonds is 16. The summed E-state index contributed by atoms with van der Waals surface area (Å²) < 4.78 is 19.8. The lowest BCUT2D eigenvalue weighted by Crippen LogP contribution is -2.25. The Morgan fingerprint density at radius 1 is 0.706 bits per heavy atom. The summed E-state index contributed by atoms with van der Waals surface area (Å²) in [5.41, 5.74) is 1.69. The van der Waals surface area contributed by atoms with Gasteiger partial charge in [0, 0.05) is 28.1 Å².